The lowest BCUT2D eigenvalue weighted by Gasteiger charge is -2.19. The van der Waals surface area contributed by atoms with Crippen LogP contribution in [0.2, 0.25) is 5.02 Å². The number of anilines is 1. The first-order chi connectivity index (χ1) is 36.2. The molecule has 3 aromatic carbocycles. The predicted octanol–water partition coefficient (Wildman–Crippen LogP) is 17.3. The van der Waals surface area contributed by atoms with E-state index >= 15 is 0 Å². The van der Waals surface area contributed by atoms with E-state index in [0.29, 0.717) is 22.5 Å². The maximum atomic E-state index is 12.5. The number of nitrogens with two attached hydrogens (primary N) is 1. The summed E-state index contributed by atoms with van der Waals surface area (Å²) in [7, 11) is 0. The molecule has 0 aliphatic carbocycles. The van der Waals surface area contributed by atoms with E-state index in [1.54, 1.807) is 12.4 Å². The van der Waals surface area contributed by atoms with Crippen LogP contribution in [-0.2, 0) is 57.7 Å². The molecule has 0 amide bonds. The van der Waals surface area contributed by atoms with E-state index in [0.717, 1.165) is 16.3 Å². The van der Waals surface area contributed by atoms with E-state index < -0.39 is 0 Å². The van der Waals surface area contributed by atoms with Crippen molar-refractivity contribution in [1.82, 2.24) is 19.9 Å². The topological polar surface area (TPSA) is 138 Å². The molecule has 0 saturated heterocycles. The number of benzene rings is 3. The highest BCUT2D eigenvalue weighted by atomic mass is 35.5. The molecule has 0 bridgehead atoms. The van der Waals surface area contributed by atoms with Gasteiger partial charge in [0.15, 0.2) is 0 Å². The van der Waals surface area contributed by atoms with E-state index in [1.165, 1.54) is 45.5 Å². The number of aliphatic hydroxyl groups excluding tert-OH is 3. The Bertz CT molecular complexity index is 2560. The van der Waals surface area contributed by atoms with Crippen LogP contribution in [0, 0.1) is 5.82 Å². The summed E-state index contributed by atoms with van der Waals surface area (Å²) in [4.78, 5) is 16.3. The Kier molecular flexibility index (Phi) is 28.7. The number of nitrogen functional groups attached to an aromatic ring is 1. The molecule has 4 heterocycles. The van der Waals surface area contributed by atoms with Crippen LogP contribution >= 0.6 is 11.6 Å². The van der Waals surface area contributed by atoms with E-state index in [-0.39, 0.29) is 58.1 Å². The van der Waals surface area contributed by atoms with Crippen LogP contribution in [0.25, 0.3) is 0 Å². The first kappa shape index (κ1) is 71.2. The van der Waals surface area contributed by atoms with Crippen LogP contribution in [0.4, 0.5) is 10.2 Å². The zero-order chi connectivity index (χ0) is 60.6. The molecule has 0 aliphatic heterocycles. The van der Waals surface area contributed by atoms with Crippen LogP contribution in [0.15, 0.2) is 152 Å². The molecule has 4 aromatic heterocycles. The largest absolute Gasteiger partial charge is 0.392 e. The Balaban J connectivity index is 0.000000462. The van der Waals surface area contributed by atoms with E-state index in [4.69, 9.17) is 32.7 Å². The summed E-state index contributed by atoms with van der Waals surface area (Å²) < 4.78 is 12.5. The average molecular weight is 1100 g/mol. The van der Waals surface area contributed by atoms with Crippen molar-refractivity contribution in [2.75, 3.05) is 5.73 Å². The molecule has 0 saturated carbocycles. The lowest BCUT2D eigenvalue weighted by Crippen LogP contribution is -2.13. The minimum absolute atomic E-state index is 0.0183. The normalized spacial score (nSPS) is 11.6. The van der Waals surface area contributed by atoms with Crippen LogP contribution in [0.5, 0.6) is 0 Å². The third kappa shape index (κ3) is 28.7. The fraction of sp³-hybridized carbons (Fsp3) is 0.449. The summed E-state index contributed by atoms with van der Waals surface area (Å²) in [6.45, 7) is 45.1. The number of nitrogens with zero attached hydrogens (tertiary/aromatic N) is 4. The number of hydrogen-bond acceptors (Lipinski definition) is 8. The smallest absolute Gasteiger partial charge is 0.123 e. The Hall–Kier alpha value is -5.84. The Morgan fingerprint density at radius 2 is 0.772 bits per heavy atom. The molecule has 5 N–H and O–H groups in total. The van der Waals surface area contributed by atoms with Gasteiger partial charge >= 0.3 is 0 Å². The van der Waals surface area contributed by atoms with Gasteiger partial charge in [-0.05, 0) is 125 Å². The molecule has 0 radical (unpaired) electrons. The summed E-state index contributed by atoms with van der Waals surface area (Å²) in [5.74, 6) is 0.413. The lowest BCUT2D eigenvalue weighted by atomic mass is 9.87. The van der Waals surface area contributed by atoms with Crippen molar-refractivity contribution in [3.05, 3.63) is 219 Å². The second kappa shape index (κ2) is 31.8. The van der Waals surface area contributed by atoms with Crippen LogP contribution in [-0.4, -0.2) is 35.3 Å². The van der Waals surface area contributed by atoms with Crippen molar-refractivity contribution in [1.29, 1.82) is 0 Å². The van der Waals surface area contributed by atoms with E-state index in [2.05, 4.69) is 214 Å². The van der Waals surface area contributed by atoms with Crippen molar-refractivity contribution in [3.63, 3.8) is 0 Å². The van der Waals surface area contributed by atoms with Gasteiger partial charge in [-0.1, -0.05) is 230 Å². The van der Waals surface area contributed by atoms with Crippen molar-refractivity contribution >= 4 is 17.4 Å². The number of hydrogen-bond donors (Lipinski definition) is 4. The molecular weight excluding hydrogens is 1000 g/mol. The third-order valence-electron chi connectivity index (χ3n) is 12.3. The summed E-state index contributed by atoms with van der Waals surface area (Å²) in [5.41, 5.74) is 17.3. The maximum absolute atomic E-state index is 12.5. The van der Waals surface area contributed by atoms with E-state index in [1.807, 2.05) is 79.3 Å². The number of aromatic nitrogens is 4. The Morgan fingerprint density at radius 3 is 1.10 bits per heavy atom. The molecule has 10 heteroatoms. The highest BCUT2D eigenvalue weighted by Gasteiger charge is 2.18. The van der Waals surface area contributed by atoms with Gasteiger partial charge in [-0.2, -0.15) is 0 Å². The molecule has 7 rings (SSSR count). The molecule has 8 nitrogen and oxygen atoms in total. The fourth-order valence-electron chi connectivity index (χ4n) is 6.68. The zero-order valence-corrected chi connectivity index (χ0v) is 52.8. The quantitative estimate of drug-likeness (QED) is 0.137. The third-order valence-corrected chi connectivity index (χ3v) is 12.6. The summed E-state index contributed by atoms with van der Waals surface area (Å²) in [6, 6.07) is 38.9. The van der Waals surface area contributed by atoms with Gasteiger partial charge in [0.2, 0.25) is 0 Å². The number of halogens is 2. The van der Waals surface area contributed by atoms with Crippen molar-refractivity contribution in [3.8, 4) is 0 Å². The minimum Gasteiger partial charge on any atom is -0.392 e. The van der Waals surface area contributed by atoms with Crippen LogP contribution in [0.1, 0.15) is 201 Å². The molecule has 0 unspecified atom stereocenters. The lowest BCUT2D eigenvalue weighted by molar-refractivity contribution is 0.255. The van der Waals surface area contributed by atoms with Gasteiger partial charge in [-0.15, -0.1) is 0 Å². The SMILES string of the molecule is CC(C)(C)c1ccc(CO)nc1.CC(C)(C)c1ccc(Cl)cc1.CC(C)(C)c1ccc(F)cc1.CC(C)(C)c1ccc(N)nc1.CC(C)(C)c1ccccc1.CC(C)(C)c1cccnc1.CC(C)(C)c1cnc(CO)c(CO)c1. The number of pyridine rings is 4. The zero-order valence-electron chi connectivity index (χ0n) is 52.0. The van der Waals surface area contributed by atoms with Gasteiger partial charge in [-0.3, -0.25) is 15.0 Å². The first-order valence-corrected chi connectivity index (χ1v) is 27.6. The second-order valence-corrected chi connectivity index (χ2v) is 27.1. The Morgan fingerprint density at radius 1 is 0.392 bits per heavy atom. The second-order valence-electron chi connectivity index (χ2n) is 26.7. The number of rotatable bonds is 3. The monoisotopic (exact) mass is 1100 g/mol. The van der Waals surface area contributed by atoms with Gasteiger partial charge in [0.1, 0.15) is 11.6 Å². The van der Waals surface area contributed by atoms with Crippen LogP contribution < -0.4 is 5.73 Å². The predicted molar refractivity (Wildman–Crippen MR) is 334 cm³/mol. The standard InChI is InChI=1S/C11H17NO2.C10H13Cl.C10H13F.C10H15NO.C10H14.C9H14N2.C9H13N/c1-11(2,3)9-4-8(6-13)10(7-14)12-5-9;2*1-10(2,3)8-4-6-9(11)7-5-8;1-10(2,3)8-4-5-9(7-12)11-6-8;1-10(2,3)9-7-5-4-6-8-9;1-9(2,3)7-4-5-8(10)11-6-7;1-9(2,3)8-5-4-6-10-7-8/h4-5,13-14H,6-7H2,1-3H3;2*4-7H,1-3H3;4-6,12H,7H2,1-3H3;4-8H,1-3H3;4-6H,1-3H3,(H2,10,11);4-7H,1-3H3. The Labute approximate surface area is 482 Å². The van der Waals surface area contributed by atoms with Crippen molar-refractivity contribution < 1.29 is 19.7 Å². The summed E-state index contributed by atoms with van der Waals surface area (Å²) in [5, 5.41) is 27.6. The molecule has 432 valence electrons. The van der Waals surface area contributed by atoms with Gasteiger partial charge in [0.25, 0.3) is 0 Å². The molecule has 79 heavy (non-hydrogen) atoms. The van der Waals surface area contributed by atoms with Gasteiger partial charge < -0.3 is 21.1 Å². The van der Waals surface area contributed by atoms with Crippen molar-refractivity contribution in [2.24, 2.45) is 0 Å². The average Bonchev–Trinajstić information content (AvgIpc) is 3.36. The molecule has 7 aromatic rings. The molecule has 0 spiro atoms. The van der Waals surface area contributed by atoms with Gasteiger partial charge in [0, 0.05) is 41.6 Å². The molecule has 0 fully saturated rings. The molecule has 0 atom stereocenters. The molecular formula is C69H99ClFN5O3. The maximum Gasteiger partial charge on any atom is 0.123 e. The highest BCUT2D eigenvalue weighted by Crippen LogP contribution is 2.27. The van der Waals surface area contributed by atoms with Gasteiger partial charge in [0.05, 0.1) is 31.2 Å². The highest BCUT2D eigenvalue weighted by molar-refractivity contribution is 6.30. The summed E-state index contributed by atoms with van der Waals surface area (Å²) >= 11 is 5.76. The van der Waals surface area contributed by atoms with Gasteiger partial charge in [-0.25, -0.2) is 9.37 Å². The van der Waals surface area contributed by atoms with Crippen molar-refractivity contribution in [2.45, 2.75) is 203 Å². The number of aliphatic hydroxyl groups is 3. The van der Waals surface area contributed by atoms with E-state index in [9.17, 15) is 4.39 Å². The summed E-state index contributed by atoms with van der Waals surface area (Å²) in [6.07, 6.45) is 9.13. The fourth-order valence-corrected chi connectivity index (χ4v) is 6.81. The van der Waals surface area contributed by atoms with Crippen LogP contribution in [0.3, 0.4) is 0 Å². The first-order valence-electron chi connectivity index (χ1n) is 27.2. The molecule has 0 aliphatic rings. The minimum atomic E-state index is -0.169.